The molecule has 0 saturated carbocycles. The van der Waals surface area contributed by atoms with Gasteiger partial charge < -0.3 is 0 Å². The maximum atomic E-state index is 5.47. The van der Waals surface area contributed by atoms with Crippen LogP contribution in [0.5, 0.6) is 0 Å². The quantitative estimate of drug-likeness (QED) is 0.601. The van der Waals surface area contributed by atoms with Gasteiger partial charge in [-0.2, -0.15) is 15.7 Å². The number of hydrazine groups is 1. The number of nitrogens with zero attached hydrogens (tertiary/aromatic N) is 1. The van der Waals surface area contributed by atoms with Gasteiger partial charge in [-0.1, -0.05) is 0 Å². The minimum absolute atomic E-state index is 0.0255. The molecule has 0 bridgehead atoms. The lowest BCUT2D eigenvalue weighted by molar-refractivity contribution is 0.628. The molecule has 0 fully saturated rings. The van der Waals surface area contributed by atoms with Crippen LogP contribution in [0.4, 0.5) is 0 Å². The van der Waals surface area contributed by atoms with Crippen LogP contribution < -0.4 is 11.3 Å². The molecule has 2 aromatic heterocycles. The van der Waals surface area contributed by atoms with Crippen molar-refractivity contribution in [1.29, 1.82) is 0 Å². The van der Waals surface area contributed by atoms with E-state index in [1.165, 1.54) is 17.1 Å². The van der Waals surface area contributed by atoms with E-state index in [-0.39, 0.29) is 6.04 Å². The van der Waals surface area contributed by atoms with Crippen LogP contribution in [0.3, 0.4) is 0 Å². The second kappa shape index (κ2) is 3.97. The number of aromatic nitrogens is 1. The van der Waals surface area contributed by atoms with Crippen molar-refractivity contribution in [3.63, 3.8) is 0 Å². The second-order valence-electron chi connectivity index (χ2n) is 2.58. The highest BCUT2D eigenvalue weighted by Crippen LogP contribution is 2.22. The average molecular weight is 211 g/mol. The minimum atomic E-state index is 0.0255. The Labute approximate surface area is 84.4 Å². The molecule has 0 radical (unpaired) electrons. The molecule has 13 heavy (non-hydrogen) atoms. The van der Waals surface area contributed by atoms with E-state index < -0.39 is 0 Å². The van der Waals surface area contributed by atoms with E-state index in [9.17, 15) is 0 Å². The summed E-state index contributed by atoms with van der Waals surface area (Å²) >= 11 is 3.10. The molecule has 3 N–H and O–H groups in total. The maximum absolute atomic E-state index is 5.47. The van der Waals surface area contributed by atoms with Gasteiger partial charge in [-0.25, -0.2) is 5.43 Å². The molecule has 2 heterocycles. The van der Waals surface area contributed by atoms with Gasteiger partial charge in [0.1, 0.15) is 0 Å². The van der Waals surface area contributed by atoms with Crippen molar-refractivity contribution in [1.82, 2.24) is 9.80 Å². The molecule has 0 aliphatic rings. The number of rotatable bonds is 3. The predicted molar refractivity (Wildman–Crippen MR) is 55.6 cm³/mol. The van der Waals surface area contributed by atoms with E-state index in [4.69, 9.17) is 5.84 Å². The number of nitrogens with one attached hydrogen (secondary N) is 1. The van der Waals surface area contributed by atoms with Gasteiger partial charge in [0.15, 0.2) is 0 Å². The predicted octanol–water partition coefficient (Wildman–Crippen LogP) is 1.76. The van der Waals surface area contributed by atoms with Crippen molar-refractivity contribution in [2.75, 3.05) is 0 Å². The summed E-state index contributed by atoms with van der Waals surface area (Å²) in [7, 11) is 0. The fraction of sp³-hybridized carbons (Fsp3) is 0.125. The van der Waals surface area contributed by atoms with E-state index in [0.29, 0.717) is 0 Å². The Balaban J connectivity index is 2.29. The summed E-state index contributed by atoms with van der Waals surface area (Å²) in [6.07, 6.45) is 0. The Morgan fingerprint density at radius 3 is 2.85 bits per heavy atom. The molecule has 0 aliphatic heterocycles. The Kier molecular flexibility index (Phi) is 2.70. The Morgan fingerprint density at radius 1 is 1.38 bits per heavy atom. The smallest absolute Gasteiger partial charge is 0.0900 e. The van der Waals surface area contributed by atoms with Crippen LogP contribution in [-0.2, 0) is 0 Å². The molecule has 0 aliphatic carbocycles. The second-order valence-corrected chi connectivity index (χ2v) is 4.03. The molecule has 1 unspecified atom stereocenters. The summed E-state index contributed by atoms with van der Waals surface area (Å²) in [5.41, 5.74) is 4.90. The van der Waals surface area contributed by atoms with Crippen LogP contribution in [0.2, 0.25) is 0 Å². The van der Waals surface area contributed by atoms with Gasteiger partial charge in [0.2, 0.25) is 0 Å². The molecule has 5 heteroatoms. The molecular formula is C8H9N3S2. The number of hydrogen-bond acceptors (Lipinski definition) is 5. The van der Waals surface area contributed by atoms with Gasteiger partial charge >= 0.3 is 0 Å². The first-order chi connectivity index (χ1) is 6.42. The summed E-state index contributed by atoms with van der Waals surface area (Å²) in [5.74, 6) is 5.47. The van der Waals surface area contributed by atoms with Crippen LogP contribution in [0, 0.1) is 0 Å². The van der Waals surface area contributed by atoms with Crippen LogP contribution >= 0.6 is 22.9 Å². The lowest BCUT2D eigenvalue weighted by Crippen LogP contribution is -2.28. The molecule has 2 rings (SSSR count). The van der Waals surface area contributed by atoms with E-state index >= 15 is 0 Å². The van der Waals surface area contributed by atoms with Crippen molar-refractivity contribution < 1.29 is 0 Å². The first-order valence-electron chi connectivity index (χ1n) is 3.80. The normalized spacial score (nSPS) is 13.0. The van der Waals surface area contributed by atoms with E-state index in [2.05, 4.69) is 21.2 Å². The topological polar surface area (TPSA) is 50.9 Å². The number of nitrogens with two attached hydrogens (primary N) is 1. The molecule has 0 spiro atoms. The Bertz CT molecular complexity index is 307. The van der Waals surface area contributed by atoms with Crippen molar-refractivity contribution in [3.05, 3.63) is 39.5 Å². The third kappa shape index (κ3) is 1.78. The third-order valence-corrected chi connectivity index (χ3v) is 3.07. The summed E-state index contributed by atoms with van der Waals surface area (Å²) in [5, 5.41) is 6.06. The fourth-order valence-corrected chi connectivity index (χ4v) is 2.40. The highest BCUT2D eigenvalue weighted by atomic mass is 32.1. The van der Waals surface area contributed by atoms with E-state index in [0.717, 1.165) is 5.69 Å². The Hall–Kier alpha value is -0.750. The molecule has 0 amide bonds. The van der Waals surface area contributed by atoms with Crippen molar-refractivity contribution in [2.24, 2.45) is 5.84 Å². The first kappa shape index (κ1) is 8.83. The highest BCUT2D eigenvalue weighted by Gasteiger charge is 2.13. The van der Waals surface area contributed by atoms with Crippen LogP contribution in [-0.4, -0.2) is 4.37 Å². The molecule has 68 valence electrons. The summed E-state index contributed by atoms with van der Waals surface area (Å²) < 4.78 is 4.25. The Morgan fingerprint density at radius 2 is 2.31 bits per heavy atom. The first-order valence-corrected chi connectivity index (χ1v) is 5.58. The third-order valence-electron chi connectivity index (χ3n) is 1.80. The molecule has 0 saturated heterocycles. The molecule has 3 nitrogen and oxygen atoms in total. The lowest BCUT2D eigenvalue weighted by Gasteiger charge is -2.10. The van der Waals surface area contributed by atoms with E-state index in [1.54, 1.807) is 11.3 Å². The zero-order valence-electron chi connectivity index (χ0n) is 6.81. The van der Waals surface area contributed by atoms with Crippen LogP contribution in [0.25, 0.3) is 0 Å². The molecule has 0 aromatic carbocycles. The maximum Gasteiger partial charge on any atom is 0.0900 e. The van der Waals surface area contributed by atoms with Crippen molar-refractivity contribution in [2.45, 2.75) is 6.04 Å². The van der Waals surface area contributed by atoms with Gasteiger partial charge in [-0.3, -0.25) is 5.84 Å². The summed E-state index contributed by atoms with van der Waals surface area (Å²) in [6, 6.07) is 4.05. The molecule has 2 aromatic rings. The molecule has 1 atom stereocenters. The van der Waals surface area contributed by atoms with Crippen LogP contribution in [0.15, 0.2) is 28.3 Å². The average Bonchev–Trinajstić information content (AvgIpc) is 2.76. The summed E-state index contributed by atoms with van der Waals surface area (Å²) in [6.45, 7) is 0. The standard InChI is InChI=1S/C8H9N3S2/c9-10-8(6-1-3-12-5-6)7-2-4-13-11-7/h1-5,8,10H,9H2. The molecular weight excluding hydrogens is 202 g/mol. The SMILES string of the molecule is NNC(c1ccsc1)c1ccsn1. The van der Waals surface area contributed by atoms with Crippen molar-refractivity contribution >= 4 is 22.9 Å². The lowest BCUT2D eigenvalue weighted by atomic mass is 10.1. The van der Waals surface area contributed by atoms with Gasteiger partial charge in [0.05, 0.1) is 11.7 Å². The van der Waals surface area contributed by atoms with Crippen molar-refractivity contribution in [3.8, 4) is 0 Å². The zero-order valence-corrected chi connectivity index (χ0v) is 8.44. The monoisotopic (exact) mass is 211 g/mol. The van der Waals surface area contributed by atoms with Gasteiger partial charge in [-0.05, 0) is 40.0 Å². The highest BCUT2D eigenvalue weighted by molar-refractivity contribution is 7.08. The van der Waals surface area contributed by atoms with Gasteiger partial charge in [0.25, 0.3) is 0 Å². The summed E-state index contributed by atoms with van der Waals surface area (Å²) in [4.78, 5) is 0. The van der Waals surface area contributed by atoms with Gasteiger partial charge in [0, 0.05) is 5.38 Å². The van der Waals surface area contributed by atoms with E-state index in [1.807, 2.05) is 16.8 Å². The number of thiophene rings is 1. The largest absolute Gasteiger partial charge is 0.271 e. The fourth-order valence-electron chi connectivity index (χ4n) is 1.16. The van der Waals surface area contributed by atoms with Crippen LogP contribution in [0.1, 0.15) is 17.3 Å². The number of hydrogen-bond donors (Lipinski definition) is 2. The zero-order chi connectivity index (χ0) is 9.10. The minimum Gasteiger partial charge on any atom is -0.271 e. The van der Waals surface area contributed by atoms with Gasteiger partial charge in [-0.15, -0.1) is 0 Å².